The van der Waals surface area contributed by atoms with Crippen LogP contribution in [0.4, 0.5) is 10.9 Å². The summed E-state index contributed by atoms with van der Waals surface area (Å²) < 4.78 is 26.9. The molecule has 12 heteroatoms. The lowest BCUT2D eigenvalue weighted by atomic mass is 10.3. The van der Waals surface area contributed by atoms with E-state index in [1.54, 1.807) is 24.4 Å². The van der Waals surface area contributed by atoms with Crippen molar-refractivity contribution in [1.29, 1.82) is 0 Å². The van der Waals surface area contributed by atoms with Crippen LogP contribution >= 0.6 is 11.3 Å². The van der Waals surface area contributed by atoms with Crippen LogP contribution in [0, 0.1) is 0 Å². The van der Waals surface area contributed by atoms with Crippen molar-refractivity contribution in [3.63, 3.8) is 0 Å². The summed E-state index contributed by atoms with van der Waals surface area (Å²) in [5, 5.41) is 14.9. The third kappa shape index (κ3) is 3.61. The van der Waals surface area contributed by atoms with E-state index in [0.717, 1.165) is 11.3 Å². The molecule has 3 N–H and O–H groups in total. The number of sulfonamides is 1. The van der Waals surface area contributed by atoms with Crippen LogP contribution < -0.4 is 10.0 Å². The zero-order valence-corrected chi connectivity index (χ0v) is 15.1. The molecule has 3 heterocycles. The van der Waals surface area contributed by atoms with Gasteiger partial charge in [0.2, 0.25) is 0 Å². The van der Waals surface area contributed by atoms with Crippen molar-refractivity contribution in [2.75, 3.05) is 5.32 Å². The number of aromatic nitrogens is 5. The fraction of sp³-hybridized carbons (Fsp3) is 0. The van der Waals surface area contributed by atoms with Gasteiger partial charge in [-0.05, 0) is 30.3 Å². The Hall–Kier alpha value is -3.38. The molecule has 1 aromatic carbocycles. The summed E-state index contributed by atoms with van der Waals surface area (Å²) in [5.74, 6) is -0.270. The number of benzene rings is 1. The number of pyridine rings is 1. The summed E-state index contributed by atoms with van der Waals surface area (Å²) in [5.41, 5.74) is 0.871. The number of carbonyl (C=O) groups is 1. The van der Waals surface area contributed by atoms with Gasteiger partial charge in [0.1, 0.15) is 22.5 Å². The van der Waals surface area contributed by atoms with Gasteiger partial charge in [0.25, 0.3) is 15.9 Å². The Morgan fingerprint density at radius 1 is 1.11 bits per heavy atom. The van der Waals surface area contributed by atoms with Gasteiger partial charge in [-0.2, -0.15) is 15.4 Å². The number of anilines is 2. The first-order chi connectivity index (χ1) is 13.0. The Morgan fingerprint density at radius 2 is 1.96 bits per heavy atom. The number of aromatic amines is 1. The van der Waals surface area contributed by atoms with Gasteiger partial charge in [-0.25, -0.2) is 23.1 Å². The van der Waals surface area contributed by atoms with Crippen molar-refractivity contribution in [3.05, 3.63) is 53.7 Å². The van der Waals surface area contributed by atoms with Gasteiger partial charge in [0, 0.05) is 11.6 Å². The van der Waals surface area contributed by atoms with Crippen LogP contribution in [0.5, 0.6) is 0 Å². The summed E-state index contributed by atoms with van der Waals surface area (Å²) in [7, 11) is -4.08. The minimum Gasteiger partial charge on any atom is -0.316 e. The topological polar surface area (TPSA) is 143 Å². The highest BCUT2D eigenvalue weighted by atomic mass is 32.2. The first-order valence-electron chi connectivity index (χ1n) is 7.52. The number of fused-ring (bicyclic) bond motifs is 1. The molecule has 0 saturated heterocycles. The van der Waals surface area contributed by atoms with Gasteiger partial charge < -0.3 is 5.32 Å². The Kier molecular flexibility index (Phi) is 4.25. The number of H-pyrrole nitrogens is 1. The van der Waals surface area contributed by atoms with Crippen LogP contribution in [-0.4, -0.2) is 39.7 Å². The van der Waals surface area contributed by atoms with E-state index in [1.807, 2.05) is 4.72 Å². The second-order valence-electron chi connectivity index (χ2n) is 5.29. The van der Waals surface area contributed by atoms with Crippen molar-refractivity contribution < 1.29 is 13.2 Å². The normalized spacial score (nSPS) is 11.4. The second kappa shape index (κ2) is 6.74. The monoisotopic (exact) mass is 401 g/mol. The van der Waals surface area contributed by atoms with Gasteiger partial charge in [-0.3, -0.25) is 4.79 Å². The average molecular weight is 401 g/mol. The smallest absolute Gasteiger partial charge is 0.284 e. The maximum Gasteiger partial charge on any atom is 0.284 e. The number of nitrogens with zero attached hydrogens (tertiary/aromatic N) is 4. The average Bonchev–Trinajstić information content (AvgIpc) is 3.30. The molecule has 10 nitrogen and oxygen atoms in total. The van der Waals surface area contributed by atoms with E-state index in [0.29, 0.717) is 22.0 Å². The first kappa shape index (κ1) is 17.1. The summed E-state index contributed by atoms with van der Waals surface area (Å²) in [4.78, 5) is 20.4. The maximum atomic E-state index is 12.4. The summed E-state index contributed by atoms with van der Waals surface area (Å²) in [6.45, 7) is 0. The minimum atomic E-state index is -4.08. The highest BCUT2D eigenvalue weighted by Crippen LogP contribution is 2.20. The van der Waals surface area contributed by atoms with Crippen LogP contribution in [0.25, 0.3) is 11.0 Å². The van der Waals surface area contributed by atoms with Crippen molar-refractivity contribution in [2.45, 2.75) is 4.90 Å². The number of hydrogen-bond donors (Lipinski definition) is 3. The van der Waals surface area contributed by atoms with Crippen LogP contribution in [0.2, 0.25) is 0 Å². The van der Waals surface area contributed by atoms with Gasteiger partial charge in [-0.1, -0.05) is 6.07 Å². The lowest BCUT2D eigenvalue weighted by molar-refractivity contribution is 0.0977. The molecule has 1 amide bonds. The lowest BCUT2D eigenvalue weighted by Gasteiger charge is -2.05. The predicted octanol–water partition coefficient (Wildman–Crippen LogP) is 1.67. The Bertz CT molecular complexity index is 1220. The molecule has 136 valence electrons. The number of amides is 1. The molecule has 0 aliphatic rings. The maximum absolute atomic E-state index is 12.4. The molecule has 0 fully saturated rings. The molecule has 0 spiro atoms. The van der Waals surface area contributed by atoms with Crippen LogP contribution in [0.3, 0.4) is 0 Å². The molecule has 3 aromatic heterocycles. The molecule has 0 unspecified atom stereocenters. The standard InChI is InChI=1S/C15H11N7O3S2/c23-14(12-8-26-15(17-12)18-13-3-1-2-6-16-13)21-27(24,25)9-4-5-10-11(7-9)20-22-19-10/h1-8H,(H,21,23)(H,16,17,18)(H,19,20,22). The van der Waals surface area contributed by atoms with Gasteiger partial charge in [0.05, 0.1) is 4.90 Å². The van der Waals surface area contributed by atoms with Crippen molar-refractivity contribution in [1.82, 2.24) is 30.1 Å². The second-order valence-corrected chi connectivity index (χ2v) is 7.83. The predicted molar refractivity (Wildman–Crippen MR) is 98.2 cm³/mol. The zero-order chi connectivity index (χ0) is 18.9. The molecule has 0 atom stereocenters. The van der Waals surface area contributed by atoms with E-state index in [9.17, 15) is 13.2 Å². The number of carbonyl (C=O) groups excluding carboxylic acids is 1. The zero-order valence-electron chi connectivity index (χ0n) is 13.4. The van der Waals surface area contributed by atoms with Crippen molar-refractivity contribution in [2.24, 2.45) is 0 Å². The van der Waals surface area contributed by atoms with E-state index in [1.165, 1.54) is 23.6 Å². The SMILES string of the molecule is O=C(NS(=O)(=O)c1ccc2n[nH]nc2c1)c1csc(Nc2ccccn2)n1. The largest absolute Gasteiger partial charge is 0.316 e. The molecule has 0 bridgehead atoms. The summed E-state index contributed by atoms with van der Waals surface area (Å²) in [6.07, 6.45) is 1.61. The van der Waals surface area contributed by atoms with E-state index in [2.05, 4.69) is 30.7 Å². The van der Waals surface area contributed by atoms with Crippen molar-refractivity contribution in [3.8, 4) is 0 Å². The van der Waals surface area contributed by atoms with E-state index in [-0.39, 0.29) is 10.6 Å². The van der Waals surface area contributed by atoms with E-state index in [4.69, 9.17) is 0 Å². The highest BCUT2D eigenvalue weighted by Gasteiger charge is 2.21. The minimum absolute atomic E-state index is 0.0236. The third-order valence-electron chi connectivity index (χ3n) is 3.46. The molecule has 4 rings (SSSR count). The molecule has 0 aliphatic heterocycles. The van der Waals surface area contributed by atoms with Gasteiger partial charge in [0.15, 0.2) is 5.13 Å². The Labute approximate surface area is 156 Å². The highest BCUT2D eigenvalue weighted by molar-refractivity contribution is 7.90. The molecular weight excluding hydrogens is 390 g/mol. The molecule has 0 radical (unpaired) electrons. The molecule has 27 heavy (non-hydrogen) atoms. The van der Waals surface area contributed by atoms with Crippen molar-refractivity contribution >= 4 is 49.3 Å². The van der Waals surface area contributed by atoms with Gasteiger partial charge >= 0.3 is 0 Å². The summed E-state index contributed by atoms with van der Waals surface area (Å²) in [6, 6.07) is 9.47. The number of nitrogens with one attached hydrogen (secondary N) is 3. The number of hydrogen-bond acceptors (Lipinski definition) is 9. The fourth-order valence-electron chi connectivity index (χ4n) is 2.20. The molecular formula is C15H11N7O3S2. The summed E-state index contributed by atoms with van der Waals surface area (Å²) >= 11 is 1.16. The van der Waals surface area contributed by atoms with Gasteiger partial charge in [-0.15, -0.1) is 11.3 Å². The molecule has 4 aromatic rings. The van der Waals surface area contributed by atoms with E-state index < -0.39 is 15.9 Å². The van der Waals surface area contributed by atoms with Crippen LogP contribution in [0.1, 0.15) is 10.5 Å². The number of thiazole rings is 1. The quantitative estimate of drug-likeness (QED) is 0.458. The number of rotatable bonds is 5. The first-order valence-corrected chi connectivity index (χ1v) is 9.89. The Morgan fingerprint density at radius 3 is 2.78 bits per heavy atom. The van der Waals surface area contributed by atoms with E-state index >= 15 is 0 Å². The lowest BCUT2D eigenvalue weighted by Crippen LogP contribution is -2.30. The Balaban J connectivity index is 1.51. The third-order valence-corrected chi connectivity index (χ3v) is 5.55. The van der Waals surface area contributed by atoms with Crippen LogP contribution in [0.15, 0.2) is 52.9 Å². The molecule has 0 aliphatic carbocycles. The fourth-order valence-corrected chi connectivity index (χ4v) is 3.88. The molecule has 0 saturated carbocycles. The van der Waals surface area contributed by atoms with Crippen LogP contribution in [-0.2, 0) is 10.0 Å².